The molecule has 4 aliphatic heterocycles. The summed E-state index contributed by atoms with van der Waals surface area (Å²) in [6.07, 6.45) is -4.07. The van der Waals surface area contributed by atoms with Gasteiger partial charge in [0.25, 0.3) is 0 Å². The molecule has 4 N–H and O–H groups in total. The number of pyridine rings is 2. The molecule has 0 saturated carbocycles. The topological polar surface area (TPSA) is 124 Å². The first-order valence-electron chi connectivity index (χ1n) is 14.2. The Labute approximate surface area is 248 Å². The number of rotatable bonds is 3. The van der Waals surface area contributed by atoms with Crippen LogP contribution in [0.3, 0.4) is 0 Å². The minimum absolute atomic E-state index is 0.00324. The zero-order valence-electron chi connectivity index (χ0n) is 23.9. The molecule has 10 nitrogen and oxygen atoms in total. The number of nitrogens with zero attached hydrogens (tertiary/aromatic N) is 3. The third kappa shape index (κ3) is 4.55. The highest BCUT2D eigenvalue weighted by molar-refractivity contribution is 6.02. The van der Waals surface area contributed by atoms with E-state index < -0.39 is 47.1 Å². The summed E-state index contributed by atoms with van der Waals surface area (Å²) >= 11 is 0. The van der Waals surface area contributed by atoms with E-state index in [2.05, 4.69) is 32.2 Å². The maximum absolute atomic E-state index is 16.9. The van der Waals surface area contributed by atoms with E-state index in [0.717, 1.165) is 18.9 Å². The first-order valence-corrected chi connectivity index (χ1v) is 14.2. The van der Waals surface area contributed by atoms with Gasteiger partial charge >= 0.3 is 6.36 Å². The van der Waals surface area contributed by atoms with Crippen LogP contribution in [0, 0.1) is 18.6 Å². The second-order valence-electron chi connectivity index (χ2n) is 12.1. The normalized spacial score (nSPS) is 27.9. The van der Waals surface area contributed by atoms with Crippen molar-refractivity contribution in [3.05, 3.63) is 35.0 Å². The van der Waals surface area contributed by atoms with Crippen molar-refractivity contribution in [2.45, 2.75) is 69.7 Å². The molecule has 1 aromatic carbocycles. The van der Waals surface area contributed by atoms with E-state index in [9.17, 15) is 22.4 Å². The Morgan fingerprint density at radius 2 is 1.98 bits per heavy atom. The predicted molar refractivity (Wildman–Crippen MR) is 148 cm³/mol. The van der Waals surface area contributed by atoms with Gasteiger partial charge in [-0.05, 0) is 45.2 Å². The van der Waals surface area contributed by atoms with Crippen LogP contribution < -0.4 is 30.7 Å². The molecule has 3 saturated heterocycles. The van der Waals surface area contributed by atoms with Crippen LogP contribution in [0.25, 0.3) is 22.0 Å². The number of ether oxygens (including phenoxy) is 3. The Hall–Kier alpha value is -3.98. The number of nitrogens with two attached hydrogens (primary N) is 1. The monoisotopic (exact) mass is 620 g/mol. The Kier molecular flexibility index (Phi) is 6.38. The molecule has 1 amide bonds. The third-order valence-corrected chi connectivity index (χ3v) is 8.92. The molecule has 3 fully saturated rings. The number of piperazine rings is 1. The number of nitrogens with one attached hydrogen (secondary N) is 2. The lowest BCUT2D eigenvalue weighted by molar-refractivity contribution is -0.275. The minimum Gasteiger partial charge on any atom is -0.472 e. The predicted octanol–water partition coefficient (Wildman–Crippen LogP) is 4.03. The van der Waals surface area contributed by atoms with Gasteiger partial charge in [-0.25, -0.2) is 18.7 Å². The highest BCUT2D eigenvalue weighted by Gasteiger charge is 2.51. The van der Waals surface area contributed by atoms with Crippen LogP contribution in [0.15, 0.2) is 12.1 Å². The number of amides is 1. The average Bonchev–Trinajstić information content (AvgIpc) is 3.18. The lowest BCUT2D eigenvalue weighted by Gasteiger charge is -2.46. The van der Waals surface area contributed by atoms with Crippen LogP contribution in [0.5, 0.6) is 11.6 Å². The van der Waals surface area contributed by atoms with Gasteiger partial charge in [0.15, 0.2) is 17.4 Å². The van der Waals surface area contributed by atoms with Crippen molar-refractivity contribution in [3.63, 3.8) is 0 Å². The molecular weight excluding hydrogens is 591 g/mol. The first-order chi connectivity index (χ1) is 20.7. The van der Waals surface area contributed by atoms with E-state index in [0.29, 0.717) is 24.1 Å². The van der Waals surface area contributed by atoms with E-state index in [1.54, 1.807) is 6.92 Å². The summed E-state index contributed by atoms with van der Waals surface area (Å²) in [6, 6.07) is 0.615. The smallest absolute Gasteiger partial charge is 0.472 e. The van der Waals surface area contributed by atoms with Crippen LogP contribution in [-0.4, -0.2) is 65.7 Å². The van der Waals surface area contributed by atoms with Crippen LogP contribution in [0.1, 0.15) is 44.0 Å². The van der Waals surface area contributed by atoms with Gasteiger partial charge in [-0.15, -0.1) is 13.2 Å². The van der Waals surface area contributed by atoms with Gasteiger partial charge < -0.3 is 35.5 Å². The molecule has 2 bridgehead atoms. The number of aromatic nitrogens is 2. The molecule has 2 aromatic heterocycles. The lowest BCUT2D eigenvalue weighted by atomic mass is 9.94. The molecule has 15 heteroatoms. The van der Waals surface area contributed by atoms with Crippen molar-refractivity contribution in [2.24, 2.45) is 0 Å². The number of benzene rings is 1. The number of alkyl halides is 3. The fraction of sp³-hybridized carbons (Fsp3) is 0.483. The van der Waals surface area contributed by atoms with E-state index in [-0.39, 0.29) is 64.6 Å². The van der Waals surface area contributed by atoms with Crippen molar-refractivity contribution < 1.29 is 41.0 Å². The molecule has 0 aliphatic carbocycles. The Morgan fingerprint density at radius 3 is 2.70 bits per heavy atom. The van der Waals surface area contributed by atoms with Gasteiger partial charge in [0.05, 0.1) is 35.3 Å². The van der Waals surface area contributed by atoms with Gasteiger partial charge in [0.2, 0.25) is 11.8 Å². The number of fused-ring (bicyclic) bond motifs is 5. The van der Waals surface area contributed by atoms with Crippen LogP contribution in [0.2, 0.25) is 0 Å². The number of hydrogen-bond donors (Lipinski definition) is 3. The molecule has 0 radical (unpaired) electrons. The van der Waals surface area contributed by atoms with Crippen LogP contribution in [-0.2, 0) is 9.53 Å². The minimum atomic E-state index is -5.29. The summed E-state index contributed by atoms with van der Waals surface area (Å²) in [5, 5.41) is 6.68. The first kappa shape index (κ1) is 28.8. The standard InChI is InChI=1S/C29H29F5N6O4/c1-11-19-20-26(37-22(11)17-8-42-9-18(41)36-17)40-10-28(3)5-4-16(39-28)24(40)12(2)43-27(20)38-23(21(19)31)14-6-13(35)7-15(30)25(14)44-29(32,33)34/h6-7,12,16-17,24,39H,4-5,8-10,35H2,1-3H3,(H,36,41)/t12-,16-,17?,24+,28+/m0/s1. The van der Waals surface area contributed by atoms with Gasteiger partial charge in [0.1, 0.15) is 24.2 Å². The molecule has 5 atom stereocenters. The quantitative estimate of drug-likeness (QED) is 0.294. The fourth-order valence-electron chi connectivity index (χ4n) is 7.19. The maximum atomic E-state index is 16.9. The van der Waals surface area contributed by atoms with Crippen LogP contribution >= 0.6 is 0 Å². The number of anilines is 2. The van der Waals surface area contributed by atoms with Gasteiger partial charge in [-0.3, -0.25) is 4.79 Å². The number of hydrogen-bond acceptors (Lipinski definition) is 9. The van der Waals surface area contributed by atoms with E-state index in [4.69, 9.17) is 20.2 Å². The van der Waals surface area contributed by atoms with Gasteiger partial charge in [-0.2, -0.15) is 0 Å². The molecule has 4 aliphatic rings. The Bertz CT molecular complexity index is 1720. The van der Waals surface area contributed by atoms with Gasteiger partial charge in [0, 0.05) is 35.3 Å². The highest BCUT2D eigenvalue weighted by atomic mass is 19.4. The molecule has 7 rings (SSSR count). The number of nitrogen functional groups attached to an aromatic ring is 1. The Balaban J connectivity index is 1.54. The number of halogens is 5. The van der Waals surface area contributed by atoms with Crippen molar-refractivity contribution in [3.8, 4) is 22.9 Å². The SMILES string of the molecule is Cc1c(C2COCC(=O)N2)nc2c3c(nc(-c4cc(N)cc(F)c4OC(F)(F)F)c(F)c13)O[C@@H](C)[C@@H]1[C@@H]3CC[C@](C)(CN21)N3. The number of carbonyl (C=O) groups is 1. The summed E-state index contributed by atoms with van der Waals surface area (Å²) < 4.78 is 87.9. The third-order valence-electron chi connectivity index (χ3n) is 8.92. The summed E-state index contributed by atoms with van der Waals surface area (Å²) in [7, 11) is 0. The highest BCUT2D eigenvalue weighted by Crippen LogP contribution is 2.49. The molecule has 3 aromatic rings. The molecule has 234 valence electrons. The van der Waals surface area contributed by atoms with Crippen molar-refractivity contribution in [1.82, 2.24) is 20.6 Å². The van der Waals surface area contributed by atoms with E-state index in [1.165, 1.54) is 0 Å². The van der Waals surface area contributed by atoms with Crippen molar-refractivity contribution in [2.75, 3.05) is 30.4 Å². The number of carbonyl (C=O) groups excluding carboxylic acids is 1. The number of morpholine rings is 1. The van der Waals surface area contributed by atoms with Gasteiger partial charge in [-0.1, -0.05) is 0 Å². The summed E-state index contributed by atoms with van der Waals surface area (Å²) in [5.74, 6) is -3.87. The molecule has 44 heavy (non-hydrogen) atoms. The maximum Gasteiger partial charge on any atom is 0.573 e. The summed E-state index contributed by atoms with van der Waals surface area (Å²) in [4.78, 5) is 23.7. The largest absolute Gasteiger partial charge is 0.573 e. The molecule has 1 unspecified atom stereocenters. The lowest BCUT2D eigenvalue weighted by Crippen LogP contribution is -2.66. The molecule has 0 spiro atoms. The van der Waals surface area contributed by atoms with Crippen molar-refractivity contribution in [1.29, 1.82) is 0 Å². The second kappa shape index (κ2) is 9.76. The zero-order valence-corrected chi connectivity index (χ0v) is 23.9. The van der Waals surface area contributed by atoms with Crippen LogP contribution in [0.4, 0.5) is 33.5 Å². The zero-order chi connectivity index (χ0) is 31.3. The van der Waals surface area contributed by atoms with E-state index in [1.807, 2.05) is 6.92 Å². The van der Waals surface area contributed by atoms with E-state index >= 15 is 4.39 Å². The average molecular weight is 621 g/mol. The summed E-state index contributed by atoms with van der Waals surface area (Å²) in [6.45, 7) is 5.95. The molecular formula is C29H29F5N6O4. The summed E-state index contributed by atoms with van der Waals surface area (Å²) in [5.41, 5.74) is 4.58. The van der Waals surface area contributed by atoms with Crippen molar-refractivity contribution >= 4 is 28.2 Å². The Morgan fingerprint density at radius 1 is 1.20 bits per heavy atom. The number of aryl methyl sites for hydroxylation is 1. The fourth-order valence-corrected chi connectivity index (χ4v) is 7.19. The second-order valence-corrected chi connectivity index (χ2v) is 12.1. The molecule has 6 heterocycles.